The first-order valence-corrected chi connectivity index (χ1v) is 6.09. The Morgan fingerprint density at radius 1 is 1.26 bits per heavy atom. The fourth-order valence-electron chi connectivity index (χ4n) is 1.87. The van der Waals surface area contributed by atoms with Gasteiger partial charge in [0.1, 0.15) is 11.5 Å². The average molecular weight is 267 g/mol. The minimum atomic E-state index is -0.141. The third kappa shape index (κ3) is 3.86. The summed E-state index contributed by atoms with van der Waals surface area (Å²) in [7, 11) is 4.91. The third-order valence-corrected chi connectivity index (χ3v) is 2.96. The van der Waals surface area contributed by atoms with Gasteiger partial charge in [0, 0.05) is 25.6 Å². The van der Waals surface area contributed by atoms with E-state index >= 15 is 0 Å². The number of ether oxygens (including phenoxy) is 2. The number of hydrogen-bond donors (Lipinski definition) is 1. The van der Waals surface area contributed by atoms with Crippen LogP contribution >= 0.6 is 0 Å². The van der Waals surface area contributed by atoms with Crippen LogP contribution in [0.25, 0.3) is 0 Å². The topological polar surface area (TPSA) is 59.0 Å². The molecule has 0 saturated heterocycles. The Bertz CT molecular complexity index is 445. The largest absolute Gasteiger partial charge is 0.496 e. The quantitative estimate of drug-likeness (QED) is 0.845. The van der Waals surface area contributed by atoms with Gasteiger partial charge in [-0.15, -0.1) is 0 Å². The molecule has 0 aliphatic heterocycles. The van der Waals surface area contributed by atoms with Crippen LogP contribution in [0.2, 0.25) is 0 Å². The second-order valence-electron chi connectivity index (χ2n) is 4.36. The molecule has 0 spiro atoms. The molecule has 0 aliphatic carbocycles. The number of carbonyl (C=O) groups is 1. The number of hydrogen-bond acceptors (Lipinski definition) is 4. The fourth-order valence-corrected chi connectivity index (χ4v) is 1.87. The fraction of sp³-hybridized carbons (Fsp3) is 0.500. The summed E-state index contributed by atoms with van der Waals surface area (Å²) >= 11 is 0. The number of rotatable bonds is 6. The van der Waals surface area contributed by atoms with Crippen molar-refractivity contribution in [2.75, 3.05) is 27.9 Å². The Hall–Kier alpha value is -1.75. The molecular weight excluding hydrogens is 246 g/mol. The molecule has 0 saturated carbocycles. The maximum Gasteiger partial charge on any atom is 0.224 e. The van der Waals surface area contributed by atoms with E-state index in [4.69, 9.17) is 14.6 Å². The lowest BCUT2D eigenvalue weighted by atomic mass is 10.1. The molecule has 0 aromatic heterocycles. The Balaban J connectivity index is 2.95. The molecule has 0 radical (unpaired) electrons. The van der Waals surface area contributed by atoms with Gasteiger partial charge in [-0.3, -0.25) is 4.79 Å². The predicted octanol–water partition coefficient (Wildman–Crippen LogP) is 1.35. The molecule has 19 heavy (non-hydrogen) atoms. The zero-order chi connectivity index (χ0) is 14.4. The van der Waals surface area contributed by atoms with Crippen LogP contribution in [0.4, 0.5) is 0 Å². The lowest BCUT2D eigenvalue weighted by molar-refractivity contribution is -0.131. The summed E-state index contributed by atoms with van der Waals surface area (Å²) in [5.41, 5.74) is 1.85. The SMILES string of the molecule is COc1cc(CN(C)C(=O)CCO)c(OC)cc1C. The van der Waals surface area contributed by atoms with Gasteiger partial charge in [0.25, 0.3) is 0 Å². The van der Waals surface area contributed by atoms with Crippen molar-refractivity contribution in [3.63, 3.8) is 0 Å². The molecule has 0 aliphatic rings. The molecule has 0 heterocycles. The highest BCUT2D eigenvalue weighted by Crippen LogP contribution is 2.29. The molecule has 1 aromatic rings. The maximum absolute atomic E-state index is 11.7. The smallest absolute Gasteiger partial charge is 0.224 e. The molecule has 0 atom stereocenters. The predicted molar refractivity (Wildman–Crippen MR) is 72.5 cm³/mol. The number of carbonyl (C=O) groups excluding carboxylic acids is 1. The molecule has 0 unspecified atom stereocenters. The summed E-state index contributed by atoms with van der Waals surface area (Å²) in [5, 5.41) is 8.78. The number of aryl methyl sites for hydroxylation is 1. The van der Waals surface area contributed by atoms with E-state index < -0.39 is 0 Å². The molecule has 1 rings (SSSR count). The van der Waals surface area contributed by atoms with E-state index in [-0.39, 0.29) is 18.9 Å². The van der Waals surface area contributed by atoms with Gasteiger partial charge >= 0.3 is 0 Å². The Morgan fingerprint density at radius 3 is 2.42 bits per heavy atom. The second-order valence-corrected chi connectivity index (χ2v) is 4.36. The van der Waals surface area contributed by atoms with Gasteiger partial charge in [0.15, 0.2) is 0 Å². The Labute approximate surface area is 113 Å². The van der Waals surface area contributed by atoms with Gasteiger partial charge in [-0.2, -0.15) is 0 Å². The zero-order valence-corrected chi connectivity index (χ0v) is 11.9. The van der Waals surface area contributed by atoms with E-state index in [1.807, 2.05) is 19.1 Å². The van der Waals surface area contributed by atoms with Crippen LogP contribution in [0.5, 0.6) is 11.5 Å². The van der Waals surface area contributed by atoms with Crippen molar-refractivity contribution in [1.82, 2.24) is 4.90 Å². The van der Waals surface area contributed by atoms with Gasteiger partial charge in [-0.05, 0) is 24.6 Å². The van der Waals surface area contributed by atoms with Gasteiger partial charge in [0.2, 0.25) is 5.91 Å². The second kappa shape index (κ2) is 6.99. The average Bonchev–Trinajstić information content (AvgIpc) is 2.40. The highest BCUT2D eigenvalue weighted by molar-refractivity contribution is 5.76. The van der Waals surface area contributed by atoms with Crippen LogP contribution < -0.4 is 9.47 Å². The summed E-state index contributed by atoms with van der Waals surface area (Å²) in [6.45, 7) is 2.21. The Kier molecular flexibility index (Phi) is 5.63. The zero-order valence-electron chi connectivity index (χ0n) is 11.9. The van der Waals surface area contributed by atoms with E-state index in [0.717, 1.165) is 22.6 Å². The Morgan fingerprint density at radius 2 is 1.89 bits per heavy atom. The molecule has 5 heteroatoms. The molecule has 106 valence electrons. The van der Waals surface area contributed by atoms with Crippen LogP contribution in [0.1, 0.15) is 17.5 Å². The summed E-state index contributed by atoms with van der Waals surface area (Å²) < 4.78 is 10.6. The number of nitrogens with zero attached hydrogens (tertiary/aromatic N) is 1. The van der Waals surface area contributed by atoms with E-state index in [1.165, 1.54) is 0 Å². The first-order valence-electron chi connectivity index (χ1n) is 6.09. The van der Waals surface area contributed by atoms with Crippen LogP contribution in [-0.2, 0) is 11.3 Å². The van der Waals surface area contributed by atoms with Gasteiger partial charge in [-0.25, -0.2) is 0 Å². The number of methoxy groups -OCH3 is 2. The molecule has 1 amide bonds. The number of amides is 1. The molecule has 1 N–H and O–H groups in total. The minimum Gasteiger partial charge on any atom is -0.496 e. The van der Waals surface area contributed by atoms with Crippen LogP contribution in [-0.4, -0.2) is 43.8 Å². The lowest BCUT2D eigenvalue weighted by Crippen LogP contribution is -2.27. The summed E-state index contributed by atoms with van der Waals surface area (Å²) in [5.74, 6) is 1.38. The molecule has 5 nitrogen and oxygen atoms in total. The van der Waals surface area contributed by atoms with E-state index in [9.17, 15) is 4.79 Å². The van der Waals surface area contributed by atoms with Crippen molar-refractivity contribution >= 4 is 5.91 Å². The number of aliphatic hydroxyl groups excluding tert-OH is 1. The van der Waals surface area contributed by atoms with E-state index in [0.29, 0.717) is 6.54 Å². The van der Waals surface area contributed by atoms with Crippen LogP contribution in [0, 0.1) is 6.92 Å². The summed E-state index contributed by atoms with van der Waals surface area (Å²) in [6, 6.07) is 3.76. The van der Waals surface area contributed by atoms with Crippen LogP contribution in [0.3, 0.4) is 0 Å². The maximum atomic E-state index is 11.7. The monoisotopic (exact) mass is 267 g/mol. The van der Waals surface area contributed by atoms with Crippen molar-refractivity contribution in [2.24, 2.45) is 0 Å². The van der Waals surface area contributed by atoms with E-state index in [1.54, 1.807) is 26.2 Å². The van der Waals surface area contributed by atoms with E-state index in [2.05, 4.69) is 0 Å². The van der Waals surface area contributed by atoms with Crippen LogP contribution in [0.15, 0.2) is 12.1 Å². The van der Waals surface area contributed by atoms with Crippen molar-refractivity contribution in [3.8, 4) is 11.5 Å². The first-order chi connectivity index (χ1) is 9.03. The van der Waals surface area contributed by atoms with Gasteiger partial charge in [0.05, 0.1) is 20.8 Å². The van der Waals surface area contributed by atoms with Gasteiger partial charge < -0.3 is 19.5 Å². The molecule has 0 bridgehead atoms. The van der Waals surface area contributed by atoms with Crippen molar-refractivity contribution in [1.29, 1.82) is 0 Å². The normalized spacial score (nSPS) is 10.2. The van der Waals surface area contributed by atoms with Gasteiger partial charge in [-0.1, -0.05) is 0 Å². The molecule has 0 fully saturated rings. The number of benzene rings is 1. The number of aliphatic hydroxyl groups is 1. The highest BCUT2D eigenvalue weighted by Gasteiger charge is 2.14. The first kappa shape index (κ1) is 15.3. The van der Waals surface area contributed by atoms with Crippen molar-refractivity contribution in [3.05, 3.63) is 23.3 Å². The lowest BCUT2D eigenvalue weighted by Gasteiger charge is -2.20. The molecule has 1 aromatic carbocycles. The molecular formula is C14H21NO4. The minimum absolute atomic E-state index is 0.107. The summed E-state index contributed by atoms with van der Waals surface area (Å²) in [4.78, 5) is 13.2. The van der Waals surface area contributed by atoms with Crippen molar-refractivity contribution in [2.45, 2.75) is 19.9 Å². The standard InChI is InChI=1S/C14H21NO4/c1-10-7-13(19-4)11(8-12(10)18-3)9-15(2)14(17)5-6-16/h7-8,16H,5-6,9H2,1-4H3. The third-order valence-electron chi connectivity index (χ3n) is 2.96. The highest BCUT2D eigenvalue weighted by atomic mass is 16.5. The van der Waals surface area contributed by atoms with Crippen molar-refractivity contribution < 1.29 is 19.4 Å². The summed E-state index contributed by atoms with van der Waals surface area (Å²) in [6.07, 6.45) is 0.127.